The van der Waals surface area contributed by atoms with E-state index in [0.29, 0.717) is 12.5 Å². The number of nitrogens with zero attached hydrogens (tertiary/aromatic N) is 4. The number of thiophene rings is 1. The third-order valence-electron chi connectivity index (χ3n) is 5.37. The maximum Gasteiger partial charge on any atom is 0.191 e. The van der Waals surface area contributed by atoms with Gasteiger partial charge in [0.2, 0.25) is 0 Å². The Balaban J connectivity index is 1.38. The fraction of sp³-hybridized carbons (Fsp3) is 0.240. The predicted molar refractivity (Wildman–Crippen MR) is 132 cm³/mol. The van der Waals surface area contributed by atoms with Crippen LogP contribution in [0.15, 0.2) is 83.7 Å². The van der Waals surface area contributed by atoms with Gasteiger partial charge in [0.25, 0.3) is 0 Å². The number of guanidine groups is 1. The van der Waals surface area contributed by atoms with Gasteiger partial charge >= 0.3 is 0 Å². The molecule has 1 atom stereocenters. The van der Waals surface area contributed by atoms with Crippen molar-refractivity contribution < 1.29 is 0 Å². The lowest BCUT2D eigenvalue weighted by atomic mass is 9.98. The summed E-state index contributed by atoms with van der Waals surface area (Å²) in [5, 5.41) is 13.2. The summed E-state index contributed by atoms with van der Waals surface area (Å²) in [7, 11) is 1.81. The van der Waals surface area contributed by atoms with Crippen LogP contribution in [0.1, 0.15) is 28.8 Å². The zero-order valence-corrected chi connectivity index (χ0v) is 19.2. The van der Waals surface area contributed by atoms with Crippen LogP contribution in [0.2, 0.25) is 0 Å². The van der Waals surface area contributed by atoms with Crippen molar-refractivity contribution in [2.24, 2.45) is 4.99 Å². The van der Waals surface area contributed by atoms with Crippen molar-refractivity contribution in [1.82, 2.24) is 25.4 Å². The van der Waals surface area contributed by atoms with Gasteiger partial charge in [-0.3, -0.25) is 4.99 Å². The van der Waals surface area contributed by atoms with Crippen molar-refractivity contribution in [3.63, 3.8) is 0 Å². The second-order valence-corrected chi connectivity index (χ2v) is 8.65. The monoisotopic (exact) mass is 444 g/mol. The van der Waals surface area contributed by atoms with Crippen LogP contribution in [0.25, 0.3) is 11.1 Å². The lowest BCUT2D eigenvalue weighted by Crippen LogP contribution is -2.38. The number of hydrogen-bond donors (Lipinski definition) is 2. The van der Waals surface area contributed by atoms with Gasteiger partial charge in [-0.15, -0.1) is 11.3 Å². The molecule has 32 heavy (non-hydrogen) atoms. The van der Waals surface area contributed by atoms with E-state index < -0.39 is 0 Å². The van der Waals surface area contributed by atoms with Crippen molar-refractivity contribution in [3.05, 3.63) is 94.7 Å². The minimum atomic E-state index is 0.442. The lowest BCUT2D eigenvalue weighted by Gasteiger charge is -2.17. The van der Waals surface area contributed by atoms with Crippen LogP contribution in [0.3, 0.4) is 0 Å². The molecule has 4 rings (SSSR count). The van der Waals surface area contributed by atoms with E-state index in [1.165, 1.54) is 27.1 Å². The molecule has 0 spiro atoms. The zero-order chi connectivity index (χ0) is 22.2. The number of hydrogen-bond acceptors (Lipinski definition) is 4. The zero-order valence-electron chi connectivity index (χ0n) is 18.4. The fourth-order valence-electron chi connectivity index (χ4n) is 3.57. The summed E-state index contributed by atoms with van der Waals surface area (Å²) < 4.78 is 1.82. The Morgan fingerprint density at radius 1 is 1.06 bits per heavy atom. The molecule has 0 aliphatic heterocycles. The van der Waals surface area contributed by atoms with Gasteiger partial charge in [0.1, 0.15) is 12.7 Å². The van der Waals surface area contributed by atoms with E-state index in [4.69, 9.17) is 0 Å². The molecule has 0 radical (unpaired) electrons. The molecule has 2 N–H and O–H groups in total. The maximum atomic E-state index is 4.39. The third-order valence-corrected chi connectivity index (χ3v) is 6.47. The second-order valence-electron chi connectivity index (χ2n) is 7.67. The molecule has 0 fully saturated rings. The Labute approximate surface area is 193 Å². The first-order valence-electron chi connectivity index (χ1n) is 10.7. The highest BCUT2D eigenvalue weighted by Gasteiger charge is 2.09. The van der Waals surface area contributed by atoms with Crippen LogP contribution in [0.4, 0.5) is 0 Å². The molecule has 2 aromatic carbocycles. The Bertz CT molecular complexity index is 1120. The number of nitrogens with one attached hydrogen (secondary N) is 2. The number of benzene rings is 2. The highest BCUT2D eigenvalue weighted by molar-refractivity contribution is 7.10. The standard InChI is InChI=1S/C25H28N6S/c1-19(24-8-5-13-32-24)14-28-25(26-2)29-15-22-6-3-4-7-23(22)21-11-9-20(10-12-21)16-31-18-27-17-30-31/h3-13,17-19H,14-16H2,1-2H3,(H2,26,28,29). The number of aliphatic imine (C=N–C) groups is 1. The van der Waals surface area contributed by atoms with Crippen LogP contribution in [-0.2, 0) is 13.1 Å². The molecule has 164 valence electrons. The SMILES string of the molecule is CN=C(NCc1ccccc1-c1ccc(Cn2cncn2)cc1)NCC(C)c1cccs1. The highest BCUT2D eigenvalue weighted by Crippen LogP contribution is 2.24. The van der Waals surface area contributed by atoms with Gasteiger partial charge in [0, 0.05) is 30.9 Å². The van der Waals surface area contributed by atoms with E-state index in [0.717, 1.165) is 19.0 Å². The summed E-state index contributed by atoms with van der Waals surface area (Å²) in [6.45, 7) is 4.49. The van der Waals surface area contributed by atoms with Crippen LogP contribution in [0.5, 0.6) is 0 Å². The summed E-state index contributed by atoms with van der Waals surface area (Å²) in [5.41, 5.74) is 4.83. The van der Waals surface area contributed by atoms with Crippen molar-refractivity contribution in [2.75, 3.05) is 13.6 Å². The van der Waals surface area contributed by atoms with E-state index in [9.17, 15) is 0 Å². The summed E-state index contributed by atoms with van der Waals surface area (Å²) in [5.74, 6) is 1.25. The van der Waals surface area contributed by atoms with Crippen LogP contribution < -0.4 is 10.6 Å². The fourth-order valence-corrected chi connectivity index (χ4v) is 4.36. The van der Waals surface area contributed by atoms with Gasteiger partial charge in [-0.2, -0.15) is 5.10 Å². The average Bonchev–Trinajstić information content (AvgIpc) is 3.55. The molecule has 2 heterocycles. The lowest BCUT2D eigenvalue weighted by molar-refractivity contribution is 0.685. The van der Waals surface area contributed by atoms with Gasteiger partial charge in [-0.05, 0) is 33.7 Å². The average molecular weight is 445 g/mol. The Morgan fingerprint density at radius 2 is 1.91 bits per heavy atom. The molecule has 4 aromatic rings. The first-order valence-corrected chi connectivity index (χ1v) is 11.6. The van der Waals surface area contributed by atoms with Gasteiger partial charge in [-0.25, -0.2) is 9.67 Å². The summed E-state index contributed by atoms with van der Waals surface area (Å²) in [6, 6.07) is 21.4. The van der Waals surface area contributed by atoms with Gasteiger partial charge in [0.05, 0.1) is 6.54 Å². The quantitative estimate of drug-likeness (QED) is 0.310. The van der Waals surface area contributed by atoms with Gasteiger partial charge in [0.15, 0.2) is 5.96 Å². The van der Waals surface area contributed by atoms with Gasteiger partial charge < -0.3 is 10.6 Å². The summed E-state index contributed by atoms with van der Waals surface area (Å²) in [4.78, 5) is 9.77. The van der Waals surface area contributed by atoms with Crippen LogP contribution in [-0.4, -0.2) is 34.3 Å². The molecule has 0 bridgehead atoms. The normalized spacial score (nSPS) is 12.5. The maximum absolute atomic E-state index is 4.39. The van der Waals surface area contributed by atoms with Crippen molar-refractivity contribution >= 4 is 17.3 Å². The van der Waals surface area contributed by atoms with E-state index in [2.05, 4.69) is 98.7 Å². The topological polar surface area (TPSA) is 67.1 Å². The third kappa shape index (κ3) is 5.62. The van der Waals surface area contributed by atoms with Crippen molar-refractivity contribution in [2.45, 2.75) is 25.9 Å². The van der Waals surface area contributed by atoms with Crippen LogP contribution in [0, 0.1) is 0 Å². The second kappa shape index (κ2) is 10.7. The largest absolute Gasteiger partial charge is 0.356 e. The molecule has 0 aliphatic rings. The van der Waals surface area contributed by atoms with E-state index >= 15 is 0 Å². The van der Waals surface area contributed by atoms with Crippen LogP contribution >= 0.6 is 11.3 Å². The molecule has 2 aromatic heterocycles. The van der Waals surface area contributed by atoms with Crippen molar-refractivity contribution in [3.8, 4) is 11.1 Å². The molecule has 0 saturated carbocycles. The van der Waals surface area contributed by atoms with E-state index in [-0.39, 0.29) is 0 Å². The Morgan fingerprint density at radius 3 is 2.62 bits per heavy atom. The molecule has 0 aliphatic carbocycles. The minimum Gasteiger partial charge on any atom is -0.356 e. The first-order chi connectivity index (χ1) is 15.7. The molecule has 0 saturated heterocycles. The number of aromatic nitrogens is 3. The predicted octanol–water partition coefficient (Wildman–Crippen LogP) is 4.52. The molecular weight excluding hydrogens is 416 g/mol. The molecule has 1 unspecified atom stereocenters. The summed E-state index contributed by atoms with van der Waals surface area (Å²) in [6.07, 6.45) is 3.29. The molecular formula is C25H28N6S. The number of rotatable bonds is 8. The molecule has 0 amide bonds. The molecule has 7 heteroatoms. The van der Waals surface area contributed by atoms with E-state index in [1.807, 2.05) is 11.7 Å². The van der Waals surface area contributed by atoms with Gasteiger partial charge in [-0.1, -0.05) is 61.5 Å². The highest BCUT2D eigenvalue weighted by atomic mass is 32.1. The smallest absolute Gasteiger partial charge is 0.191 e. The van der Waals surface area contributed by atoms with E-state index in [1.54, 1.807) is 24.0 Å². The molecule has 6 nitrogen and oxygen atoms in total. The summed E-state index contributed by atoms with van der Waals surface area (Å²) >= 11 is 1.79. The minimum absolute atomic E-state index is 0.442. The Kier molecular flexibility index (Phi) is 7.30. The Hall–Kier alpha value is -3.45. The first kappa shape index (κ1) is 21.8. The van der Waals surface area contributed by atoms with Crippen molar-refractivity contribution in [1.29, 1.82) is 0 Å².